The summed E-state index contributed by atoms with van der Waals surface area (Å²) in [4.78, 5) is 15.7. The third kappa shape index (κ3) is 3.04. The van der Waals surface area contributed by atoms with Gasteiger partial charge in [-0.2, -0.15) is 4.99 Å². The molecular weight excluding hydrogens is 272 g/mol. The van der Waals surface area contributed by atoms with Gasteiger partial charge in [0.05, 0.1) is 11.0 Å². The van der Waals surface area contributed by atoms with E-state index < -0.39 is 0 Å². The minimum atomic E-state index is -0.265. The van der Waals surface area contributed by atoms with Gasteiger partial charge in [-0.3, -0.25) is 4.79 Å². The minimum Gasteiger partial charge on any atom is -0.490 e. The van der Waals surface area contributed by atoms with E-state index >= 15 is 0 Å². The Balaban J connectivity index is 1.67. The molecule has 1 aliphatic heterocycles. The molecule has 0 aromatic heterocycles. The van der Waals surface area contributed by atoms with Crippen molar-refractivity contribution in [2.45, 2.75) is 31.8 Å². The number of thioether (sulfide) groups is 1. The first-order valence-corrected chi connectivity index (χ1v) is 7.57. The smallest absolute Gasteiger partial charge is 0.286 e. The second kappa shape index (κ2) is 5.71. The summed E-state index contributed by atoms with van der Waals surface area (Å²) < 4.78 is 5.90. The van der Waals surface area contributed by atoms with Crippen molar-refractivity contribution < 1.29 is 9.53 Å². The van der Waals surface area contributed by atoms with Gasteiger partial charge >= 0.3 is 0 Å². The fourth-order valence-electron chi connectivity index (χ4n) is 2.42. The van der Waals surface area contributed by atoms with Crippen LogP contribution in [0, 0.1) is 0 Å². The van der Waals surface area contributed by atoms with Crippen molar-refractivity contribution in [2.24, 2.45) is 10.7 Å². The molecule has 1 aromatic carbocycles. The van der Waals surface area contributed by atoms with E-state index in [2.05, 4.69) is 4.99 Å². The summed E-state index contributed by atoms with van der Waals surface area (Å²) in [5.41, 5.74) is 6.46. The number of nitrogens with two attached hydrogens (primary N) is 1. The second-order valence-electron chi connectivity index (χ2n) is 4.96. The Labute approximate surface area is 122 Å². The molecule has 0 saturated heterocycles. The SMILES string of the molecule is NC1=NC(=O)/C(=C/c2ccc(OC3CCCC3)cc2)S1. The van der Waals surface area contributed by atoms with Gasteiger partial charge in [0, 0.05) is 0 Å². The van der Waals surface area contributed by atoms with Gasteiger partial charge < -0.3 is 10.5 Å². The highest BCUT2D eigenvalue weighted by Gasteiger charge is 2.19. The van der Waals surface area contributed by atoms with Crippen molar-refractivity contribution in [2.75, 3.05) is 0 Å². The van der Waals surface area contributed by atoms with Crippen molar-refractivity contribution in [1.82, 2.24) is 0 Å². The molecule has 104 valence electrons. The van der Waals surface area contributed by atoms with Crippen LogP contribution in [0.25, 0.3) is 6.08 Å². The highest BCUT2D eigenvalue weighted by atomic mass is 32.2. The molecule has 4 nitrogen and oxygen atoms in total. The molecule has 2 N–H and O–H groups in total. The average molecular weight is 288 g/mol. The maximum atomic E-state index is 11.5. The standard InChI is InChI=1S/C15H16N2O2S/c16-15-17-14(18)13(20-15)9-10-5-7-12(8-6-10)19-11-3-1-2-4-11/h5-9,11H,1-4H2,(H2,16,17,18)/b13-9-. The molecule has 1 aromatic rings. The van der Waals surface area contributed by atoms with Gasteiger partial charge in [-0.1, -0.05) is 12.1 Å². The van der Waals surface area contributed by atoms with Crippen LogP contribution in [0.5, 0.6) is 5.75 Å². The summed E-state index contributed by atoms with van der Waals surface area (Å²) in [6.07, 6.45) is 6.97. The number of hydrogen-bond acceptors (Lipinski definition) is 4. The van der Waals surface area contributed by atoms with E-state index in [1.54, 1.807) is 6.08 Å². The number of ether oxygens (including phenoxy) is 1. The van der Waals surface area contributed by atoms with Crippen LogP contribution in [0.3, 0.4) is 0 Å². The van der Waals surface area contributed by atoms with Crippen LogP contribution in [0.1, 0.15) is 31.2 Å². The Kier molecular flexibility index (Phi) is 3.78. The van der Waals surface area contributed by atoms with Crippen molar-refractivity contribution in [3.05, 3.63) is 34.7 Å². The summed E-state index contributed by atoms with van der Waals surface area (Å²) >= 11 is 1.21. The third-order valence-corrected chi connectivity index (χ3v) is 4.23. The lowest BCUT2D eigenvalue weighted by molar-refractivity contribution is -0.113. The third-order valence-electron chi connectivity index (χ3n) is 3.42. The quantitative estimate of drug-likeness (QED) is 0.869. The van der Waals surface area contributed by atoms with Gasteiger partial charge in [0.1, 0.15) is 5.75 Å². The van der Waals surface area contributed by atoms with Gasteiger partial charge in [-0.25, -0.2) is 0 Å². The largest absolute Gasteiger partial charge is 0.490 e. The number of hydrogen-bond donors (Lipinski definition) is 1. The number of amides is 1. The zero-order valence-corrected chi connectivity index (χ0v) is 11.9. The van der Waals surface area contributed by atoms with Gasteiger partial charge in [0.2, 0.25) is 0 Å². The van der Waals surface area contributed by atoms with Gasteiger partial charge in [0.25, 0.3) is 5.91 Å². The predicted octanol–water partition coefficient (Wildman–Crippen LogP) is 2.94. The van der Waals surface area contributed by atoms with E-state index in [1.807, 2.05) is 24.3 Å². The van der Waals surface area contributed by atoms with Crippen LogP contribution in [-0.2, 0) is 4.79 Å². The second-order valence-corrected chi connectivity index (χ2v) is 6.02. The van der Waals surface area contributed by atoms with Gasteiger partial charge in [0.15, 0.2) is 5.17 Å². The zero-order chi connectivity index (χ0) is 13.9. The Morgan fingerprint density at radius 1 is 1.25 bits per heavy atom. The lowest BCUT2D eigenvalue weighted by atomic mass is 10.2. The summed E-state index contributed by atoms with van der Waals surface area (Å²) in [5.74, 6) is 0.624. The van der Waals surface area contributed by atoms with E-state index in [0.717, 1.165) is 24.2 Å². The lowest BCUT2D eigenvalue weighted by Crippen LogP contribution is -2.10. The van der Waals surface area contributed by atoms with E-state index in [4.69, 9.17) is 10.5 Å². The number of nitrogens with zero attached hydrogens (tertiary/aromatic N) is 1. The van der Waals surface area contributed by atoms with Crippen molar-refractivity contribution in [3.8, 4) is 5.75 Å². The van der Waals surface area contributed by atoms with Crippen LogP contribution in [-0.4, -0.2) is 17.2 Å². The Hall–Kier alpha value is -1.75. The fraction of sp³-hybridized carbons (Fsp3) is 0.333. The van der Waals surface area contributed by atoms with Crippen LogP contribution in [0.2, 0.25) is 0 Å². The first-order chi connectivity index (χ1) is 9.70. The zero-order valence-electron chi connectivity index (χ0n) is 11.0. The van der Waals surface area contributed by atoms with Crippen LogP contribution < -0.4 is 10.5 Å². The number of carbonyl (C=O) groups is 1. The molecule has 1 fully saturated rings. The Bertz CT molecular complexity index is 572. The first kappa shape index (κ1) is 13.2. The fourth-order valence-corrected chi connectivity index (χ4v) is 3.10. The average Bonchev–Trinajstić information content (AvgIpc) is 3.03. The molecule has 0 spiro atoms. The number of rotatable bonds is 3. The number of benzene rings is 1. The molecule has 1 heterocycles. The first-order valence-electron chi connectivity index (χ1n) is 6.75. The molecule has 3 rings (SSSR count). The van der Waals surface area contributed by atoms with E-state index in [1.165, 1.54) is 24.6 Å². The predicted molar refractivity (Wildman–Crippen MR) is 81.5 cm³/mol. The lowest BCUT2D eigenvalue weighted by Gasteiger charge is -2.12. The van der Waals surface area contributed by atoms with Crippen molar-refractivity contribution >= 4 is 28.9 Å². The van der Waals surface area contributed by atoms with E-state index in [0.29, 0.717) is 16.2 Å². The highest BCUT2D eigenvalue weighted by Crippen LogP contribution is 2.28. The molecule has 20 heavy (non-hydrogen) atoms. The minimum absolute atomic E-state index is 0.265. The monoisotopic (exact) mass is 288 g/mol. The van der Waals surface area contributed by atoms with Crippen LogP contribution >= 0.6 is 11.8 Å². The summed E-state index contributed by atoms with van der Waals surface area (Å²) in [5, 5.41) is 0.308. The van der Waals surface area contributed by atoms with Gasteiger partial charge in [-0.15, -0.1) is 0 Å². The van der Waals surface area contributed by atoms with Crippen LogP contribution in [0.15, 0.2) is 34.2 Å². The number of amidine groups is 1. The molecule has 5 heteroatoms. The summed E-state index contributed by atoms with van der Waals surface area (Å²) in [6, 6.07) is 7.78. The molecule has 1 aliphatic carbocycles. The maximum Gasteiger partial charge on any atom is 0.286 e. The maximum absolute atomic E-state index is 11.5. The molecule has 0 atom stereocenters. The van der Waals surface area contributed by atoms with Crippen LogP contribution in [0.4, 0.5) is 0 Å². The summed E-state index contributed by atoms with van der Waals surface area (Å²) in [6.45, 7) is 0. The topological polar surface area (TPSA) is 64.7 Å². The number of aliphatic imine (C=N–C) groups is 1. The molecule has 0 bridgehead atoms. The molecule has 1 saturated carbocycles. The molecule has 1 amide bonds. The normalized spacial score (nSPS) is 21.5. The Morgan fingerprint density at radius 3 is 2.55 bits per heavy atom. The van der Waals surface area contributed by atoms with Crippen molar-refractivity contribution in [3.63, 3.8) is 0 Å². The molecular formula is C15H16N2O2S. The molecule has 2 aliphatic rings. The van der Waals surface area contributed by atoms with Gasteiger partial charge in [-0.05, 0) is 61.2 Å². The van der Waals surface area contributed by atoms with E-state index in [9.17, 15) is 4.79 Å². The highest BCUT2D eigenvalue weighted by molar-refractivity contribution is 8.18. The molecule has 0 radical (unpaired) electrons. The number of carbonyl (C=O) groups excluding carboxylic acids is 1. The molecule has 0 unspecified atom stereocenters. The van der Waals surface area contributed by atoms with E-state index in [-0.39, 0.29) is 5.91 Å². The Morgan fingerprint density at radius 2 is 1.95 bits per heavy atom. The van der Waals surface area contributed by atoms with Crippen molar-refractivity contribution in [1.29, 1.82) is 0 Å². The summed E-state index contributed by atoms with van der Waals surface area (Å²) in [7, 11) is 0.